The second-order valence-corrected chi connectivity index (χ2v) is 2.65. The summed E-state index contributed by atoms with van der Waals surface area (Å²) in [6, 6.07) is 5.79. The Hall–Kier alpha value is -2.04. The zero-order valence-electron chi connectivity index (χ0n) is 7.70. The van der Waals surface area contributed by atoms with Crippen molar-refractivity contribution < 1.29 is 9.59 Å². The highest BCUT2D eigenvalue weighted by molar-refractivity contribution is 5.95. The standard InChI is InChI=1S/C9H11N3O2/c1-11-8(13)6-2-4-7(5-3-6)12-9(10)14/h2-5H,1H3,(H,11,13)(H3,10,12,14). The third-order valence-electron chi connectivity index (χ3n) is 1.64. The van der Waals surface area contributed by atoms with Crippen molar-refractivity contribution in [3.05, 3.63) is 29.8 Å². The van der Waals surface area contributed by atoms with Crippen LogP contribution in [0.2, 0.25) is 0 Å². The average molecular weight is 193 g/mol. The molecule has 1 aromatic rings. The number of hydrogen-bond acceptors (Lipinski definition) is 2. The minimum atomic E-state index is -0.627. The van der Waals surface area contributed by atoms with Crippen LogP contribution in [-0.2, 0) is 0 Å². The van der Waals surface area contributed by atoms with E-state index in [2.05, 4.69) is 10.6 Å². The molecule has 0 heterocycles. The lowest BCUT2D eigenvalue weighted by Crippen LogP contribution is -2.20. The quantitative estimate of drug-likeness (QED) is 0.640. The van der Waals surface area contributed by atoms with Crippen molar-refractivity contribution in [3.63, 3.8) is 0 Å². The number of urea groups is 1. The van der Waals surface area contributed by atoms with E-state index in [9.17, 15) is 9.59 Å². The Bertz CT molecular complexity index is 346. The summed E-state index contributed by atoms with van der Waals surface area (Å²) in [5, 5.41) is 4.89. The number of amides is 3. The number of nitrogens with two attached hydrogens (primary N) is 1. The van der Waals surface area contributed by atoms with E-state index in [1.807, 2.05) is 0 Å². The van der Waals surface area contributed by atoms with Crippen LogP contribution in [0.5, 0.6) is 0 Å². The molecule has 0 fully saturated rings. The van der Waals surface area contributed by atoms with Crippen molar-refractivity contribution in [2.75, 3.05) is 12.4 Å². The maximum Gasteiger partial charge on any atom is 0.316 e. The maximum absolute atomic E-state index is 11.1. The number of carbonyl (C=O) groups excluding carboxylic acids is 2. The van der Waals surface area contributed by atoms with Crippen LogP contribution in [0.1, 0.15) is 10.4 Å². The van der Waals surface area contributed by atoms with Crippen LogP contribution in [0.15, 0.2) is 24.3 Å². The van der Waals surface area contributed by atoms with Gasteiger partial charge in [-0.3, -0.25) is 4.79 Å². The summed E-state index contributed by atoms with van der Waals surface area (Å²) in [7, 11) is 1.55. The van der Waals surface area contributed by atoms with Gasteiger partial charge in [0.25, 0.3) is 5.91 Å². The Balaban J connectivity index is 2.78. The van der Waals surface area contributed by atoms with Crippen molar-refractivity contribution >= 4 is 17.6 Å². The van der Waals surface area contributed by atoms with Crippen LogP contribution in [0, 0.1) is 0 Å². The Morgan fingerprint density at radius 1 is 1.21 bits per heavy atom. The molecule has 0 saturated heterocycles. The number of nitrogens with one attached hydrogen (secondary N) is 2. The van der Waals surface area contributed by atoms with Crippen molar-refractivity contribution in [3.8, 4) is 0 Å². The Labute approximate surface area is 81.3 Å². The second-order valence-electron chi connectivity index (χ2n) is 2.65. The van der Waals surface area contributed by atoms with Crippen LogP contribution in [0.4, 0.5) is 10.5 Å². The smallest absolute Gasteiger partial charge is 0.316 e. The van der Waals surface area contributed by atoms with E-state index in [0.29, 0.717) is 11.3 Å². The molecule has 74 valence electrons. The topological polar surface area (TPSA) is 84.2 Å². The minimum absolute atomic E-state index is 0.171. The molecule has 0 aromatic heterocycles. The van der Waals surface area contributed by atoms with Gasteiger partial charge in [0.15, 0.2) is 0 Å². The lowest BCUT2D eigenvalue weighted by molar-refractivity contribution is 0.0963. The molecule has 0 unspecified atom stereocenters. The summed E-state index contributed by atoms with van der Waals surface area (Å²) in [6.45, 7) is 0. The average Bonchev–Trinajstić information content (AvgIpc) is 2.17. The molecule has 0 spiro atoms. The van der Waals surface area contributed by atoms with E-state index >= 15 is 0 Å². The van der Waals surface area contributed by atoms with Gasteiger partial charge in [0, 0.05) is 18.3 Å². The first-order chi connectivity index (χ1) is 6.63. The van der Waals surface area contributed by atoms with E-state index in [4.69, 9.17) is 5.73 Å². The van der Waals surface area contributed by atoms with E-state index in [0.717, 1.165) is 0 Å². The zero-order chi connectivity index (χ0) is 10.6. The summed E-state index contributed by atoms with van der Waals surface area (Å²) < 4.78 is 0. The highest BCUT2D eigenvalue weighted by atomic mass is 16.2. The third kappa shape index (κ3) is 2.48. The van der Waals surface area contributed by atoms with Gasteiger partial charge in [-0.15, -0.1) is 0 Å². The number of hydrogen-bond donors (Lipinski definition) is 3. The van der Waals surface area contributed by atoms with E-state index in [1.54, 1.807) is 31.3 Å². The Morgan fingerprint density at radius 2 is 1.79 bits per heavy atom. The molecule has 0 saturated carbocycles. The number of benzene rings is 1. The van der Waals surface area contributed by atoms with Crippen LogP contribution < -0.4 is 16.4 Å². The molecule has 3 amide bonds. The third-order valence-corrected chi connectivity index (χ3v) is 1.64. The van der Waals surface area contributed by atoms with Crippen molar-refractivity contribution in [2.24, 2.45) is 5.73 Å². The molecule has 1 rings (SSSR count). The Morgan fingerprint density at radius 3 is 2.21 bits per heavy atom. The van der Waals surface area contributed by atoms with Crippen LogP contribution >= 0.6 is 0 Å². The highest BCUT2D eigenvalue weighted by Gasteiger charge is 2.02. The molecule has 0 radical (unpaired) electrons. The van der Waals surface area contributed by atoms with Gasteiger partial charge in [-0.1, -0.05) is 0 Å². The SMILES string of the molecule is CNC(=O)c1ccc(NC(N)=O)cc1. The fraction of sp³-hybridized carbons (Fsp3) is 0.111. The summed E-state index contributed by atoms with van der Waals surface area (Å²) in [4.78, 5) is 21.6. The summed E-state index contributed by atoms with van der Waals surface area (Å²) in [5.74, 6) is -0.171. The van der Waals surface area contributed by atoms with E-state index in [1.165, 1.54) is 0 Å². The molecule has 1 aromatic carbocycles. The molecule has 5 nitrogen and oxygen atoms in total. The molecule has 4 N–H and O–H groups in total. The monoisotopic (exact) mass is 193 g/mol. The molecule has 14 heavy (non-hydrogen) atoms. The summed E-state index contributed by atoms with van der Waals surface area (Å²) in [5.41, 5.74) is 6.01. The molecule has 0 aliphatic carbocycles. The first kappa shape index (κ1) is 10.0. The van der Waals surface area contributed by atoms with Gasteiger partial charge in [0.05, 0.1) is 0 Å². The van der Waals surface area contributed by atoms with Crippen molar-refractivity contribution in [2.45, 2.75) is 0 Å². The highest BCUT2D eigenvalue weighted by Crippen LogP contribution is 2.08. The van der Waals surface area contributed by atoms with Crippen molar-refractivity contribution in [1.29, 1.82) is 0 Å². The van der Waals surface area contributed by atoms with Gasteiger partial charge in [0.1, 0.15) is 0 Å². The second kappa shape index (κ2) is 4.27. The van der Waals surface area contributed by atoms with Crippen LogP contribution in [-0.4, -0.2) is 19.0 Å². The first-order valence-corrected chi connectivity index (χ1v) is 4.02. The van der Waals surface area contributed by atoms with Crippen LogP contribution in [0.3, 0.4) is 0 Å². The summed E-state index contributed by atoms with van der Waals surface area (Å²) in [6.07, 6.45) is 0. The molecule has 0 aliphatic rings. The number of carbonyl (C=O) groups is 2. The molecule has 5 heteroatoms. The fourth-order valence-electron chi connectivity index (χ4n) is 0.992. The maximum atomic E-state index is 11.1. The molecule has 0 atom stereocenters. The lowest BCUT2D eigenvalue weighted by Gasteiger charge is -2.02. The minimum Gasteiger partial charge on any atom is -0.355 e. The molecular weight excluding hydrogens is 182 g/mol. The van der Waals surface area contributed by atoms with E-state index in [-0.39, 0.29) is 5.91 Å². The normalized spacial score (nSPS) is 9.21. The number of primary amides is 1. The van der Waals surface area contributed by atoms with Gasteiger partial charge in [-0.05, 0) is 24.3 Å². The van der Waals surface area contributed by atoms with Gasteiger partial charge in [-0.2, -0.15) is 0 Å². The fourth-order valence-corrected chi connectivity index (χ4v) is 0.992. The van der Waals surface area contributed by atoms with Gasteiger partial charge in [0.2, 0.25) is 0 Å². The molecular formula is C9H11N3O2. The number of anilines is 1. The Kier molecular flexibility index (Phi) is 3.06. The summed E-state index contributed by atoms with van der Waals surface area (Å²) >= 11 is 0. The van der Waals surface area contributed by atoms with E-state index < -0.39 is 6.03 Å². The predicted molar refractivity (Wildman–Crippen MR) is 53.0 cm³/mol. The van der Waals surface area contributed by atoms with Crippen LogP contribution in [0.25, 0.3) is 0 Å². The van der Waals surface area contributed by atoms with Gasteiger partial charge >= 0.3 is 6.03 Å². The van der Waals surface area contributed by atoms with Gasteiger partial charge < -0.3 is 16.4 Å². The van der Waals surface area contributed by atoms with Gasteiger partial charge in [-0.25, -0.2) is 4.79 Å². The number of rotatable bonds is 2. The molecule has 0 bridgehead atoms. The first-order valence-electron chi connectivity index (χ1n) is 4.02. The lowest BCUT2D eigenvalue weighted by atomic mass is 10.2. The molecule has 0 aliphatic heterocycles. The largest absolute Gasteiger partial charge is 0.355 e. The zero-order valence-corrected chi connectivity index (χ0v) is 7.70. The van der Waals surface area contributed by atoms with Crippen molar-refractivity contribution in [1.82, 2.24) is 5.32 Å². The predicted octanol–water partition coefficient (Wildman–Crippen LogP) is 0.537.